The lowest BCUT2D eigenvalue weighted by atomic mass is 10.0. The van der Waals surface area contributed by atoms with E-state index in [2.05, 4.69) is 0 Å². The van der Waals surface area contributed by atoms with Crippen molar-refractivity contribution in [3.8, 4) is 11.1 Å². The lowest BCUT2D eigenvalue weighted by Crippen LogP contribution is -2.32. The van der Waals surface area contributed by atoms with Crippen LogP contribution >= 0.6 is 0 Å². The van der Waals surface area contributed by atoms with Gasteiger partial charge in [-0.2, -0.15) is 0 Å². The van der Waals surface area contributed by atoms with E-state index < -0.39 is 22.0 Å². The summed E-state index contributed by atoms with van der Waals surface area (Å²) in [6.45, 7) is 3.01. The molecular weight excluding hydrogens is 364 g/mol. The molecule has 2 rings (SSSR count). The zero-order valence-corrected chi connectivity index (χ0v) is 16.6. The average Bonchev–Trinajstić information content (AvgIpc) is 2.65. The fourth-order valence-electron chi connectivity index (χ4n) is 2.47. The number of hydroxylamine groups is 2. The molecule has 0 aliphatic heterocycles. The number of hydrogen-bond acceptors (Lipinski definition) is 4. The lowest BCUT2D eigenvalue weighted by Gasteiger charge is -2.17. The molecule has 7 heteroatoms. The van der Waals surface area contributed by atoms with E-state index in [-0.39, 0.29) is 4.90 Å². The van der Waals surface area contributed by atoms with Crippen molar-refractivity contribution in [2.75, 3.05) is 14.1 Å². The van der Waals surface area contributed by atoms with E-state index in [0.717, 1.165) is 16.7 Å². The highest BCUT2D eigenvalue weighted by Crippen LogP contribution is 2.23. The number of carbonyl (C=O) groups excluding carboxylic acids is 1. The summed E-state index contributed by atoms with van der Waals surface area (Å²) in [5.74, 6) is -0.423. The Labute approximate surface area is 160 Å². The van der Waals surface area contributed by atoms with Gasteiger partial charge in [0.05, 0.1) is 10.9 Å². The van der Waals surface area contributed by atoms with E-state index >= 15 is 0 Å². The maximum atomic E-state index is 12.2. The number of amides is 1. The van der Waals surface area contributed by atoms with Crippen LogP contribution in [-0.4, -0.2) is 49.0 Å². The lowest BCUT2D eigenvalue weighted by molar-refractivity contribution is -0.167. The molecule has 144 valence electrons. The molecule has 0 aliphatic rings. The Morgan fingerprint density at radius 2 is 1.70 bits per heavy atom. The summed E-state index contributed by atoms with van der Waals surface area (Å²) in [4.78, 5) is 11.4. The molecule has 2 aromatic carbocycles. The highest BCUT2D eigenvalue weighted by atomic mass is 32.2. The van der Waals surface area contributed by atoms with Crippen LogP contribution in [0.3, 0.4) is 0 Å². The largest absolute Gasteiger partial charge is 0.285 e. The highest BCUT2D eigenvalue weighted by Gasteiger charge is 2.16. The van der Waals surface area contributed by atoms with Crippen LogP contribution in [0.1, 0.15) is 19.4 Å². The summed E-state index contributed by atoms with van der Waals surface area (Å²) in [5.41, 5.74) is 2.73. The van der Waals surface area contributed by atoms with Gasteiger partial charge in [-0.15, -0.1) is 0 Å². The zero-order chi connectivity index (χ0) is 20.2. The Kier molecular flexibility index (Phi) is 6.54. The van der Waals surface area contributed by atoms with Crippen molar-refractivity contribution < 1.29 is 18.4 Å². The first-order valence-corrected chi connectivity index (χ1v) is 9.87. The van der Waals surface area contributed by atoms with Crippen LogP contribution in [0.15, 0.2) is 59.5 Å². The zero-order valence-electron chi connectivity index (χ0n) is 15.8. The summed E-state index contributed by atoms with van der Waals surface area (Å²) in [7, 11) is -0.452. The second-order valence-corrected chi connectivity index (χ2v) is 8.55. The molecule has 1 N–H and O–H groups in total. The van der Waals surface area contributed by atoms with Gasteiger partial charge in [0.25, 0.3) is 0 Å². The summed E-state index contributed by atoms with van der Waals surface area (Å²) < 4.78 is 25.5. The third kappa shape index (κ3) is 5.03. The van der Waals surface area contributed by atoms with Crippen LogP contribution in [0.4, 0.5) is 0 Å². The van der Waals surface area contributed by atoms with Gasteiger partial charge in [0, 0.05) is 21.0 Å². The molecule has 0 fully saturated rings. The molecule has 0 aliphatic carbocycles. The predicted molar refractivity (Wildman–Crippen MR) is 106 cm³/mol. The SMILES string of the molecule is CC(=O)N(O)[C@@H](C)/C=C/c1cccc(-c2ccc(S(=O)(=O)N(C)C)cc2)c1. The molecule has 0 heterocycles. The van der Waals surface area contributed by atoms with Crippen LogP contribution < -0.4 is 0 Å². The van der Waals surface area contributed by atoms with E-state index in [4.69, 9.17) is 0 Å². The maximum absolute atomic E-state index is 12.2. The van der Waals surface area contributed by atoms with Gasteiger partial charge in [0.15, 0.2) is 0 Å². The minimum atomic E-state index is -3.45. The minimum absolute atomic E-state index is 0.244. The topological polar surface area (TPSA) is 77.9 Å². The quantitative estimate of drug-likeness (QED) is 0.609. The Morgan fingerprint density at radius 1 is 1.07 bits per heavy atom. The predicted octanol–water partition coefficient (Wildman–Crippen LogP) is 3.24. The molecule has 0 saturated heterocycles. The van der Waals surface area contributed by atoms with Crippen LogP contribution in [0.2, 0.25) is 0 Å². The van der Waals surface area contributed by atoms with Gasteiger partial charge in [0.2, 0.25) is 15.9 Å². The second kappa shape index (κ2) is 8.47. The van der Waals surface area contributed by atoms with Crippen LogP contribution in [-0.2, 0) is 14.8 Å². The van der Waals surface area contributed by atoms with Gasteiger partial charge in [-0.1, -0.05) is 42.5 Å². The Morgan fingerprint density at radius 3 is 2.26 bits per heavy atom. The number of sulfonamides is 1. The molecule has 0 bridgehead atoms. The van der Waals surface area contributed by atoms with Gasteiger partial charge in [-0.25, -0.2) is 17.8 Å². The van der Waals surface area contributed by atoms with Crippen LogP contribution in [0.25, 0.3) is 17.2 Å². The number of nitrogens with zero attached hydrogens (tertiary/aromatic N) is 2. The van der Waals surface area contributed by atoms with Gasteiger partial charge in [-0.3, -0.25) is 10.0 Å². The molecule has 1 amide bonds. The molecular formula is C20H24N2O4S. The summed E-state index contributed by atoms with van der Waals surface area (Å²) in [6, 6.07) is 14.0. The summed E-state index contributed by atoms with van der Waals surface area (Å²) in [6.07, 6.45) is 3.55. The molecule has 0 saturated carbocycles. The minimum Gasteiger partial charge on any atom is -0.285 e. The van der Waals surface area contributed by atoms with Crippen molar-refractivity contribution in [3.63, 3.8) is 0 Å². The number of hydrogen-bond donors (Lipinski definition) is 1. The van der Waals surface area contributed by atoms with Gasteiger partial charge in [-0.05, 0) is 41.8 Å². The third-order valence-corrected chi connectivity index (χ3v) is 5.96. The molecule has 2 aromatic rings. The molecule has 0 unspecified atom stereocenters. The van der Waals surface area contributed by atoms with E-state index in [1.807, 2.05) is 30.3 Å². The number of rotatable bonds is 6. The fourth-order valence-corrected chi connectivity index (χ4v) is 3.37. The van der Waals surface area contributed by atoms with Crippen molar-refractivity contribution in [2.45, 2.75) is 24.8 Å². The second-order valence-electron chi connectivity index (χ2n) is 6.40. The average molecular weight is 388 g/mol. The van der Waals surface area contributed by atoms with E-state index in [9.17, 15) is 18.4 Å². The number of benzene rings is 2. The monoisotopic (exact) mass is 388 g/mol. The molecule has 6 nitrogen and oxygen atoms in total. The van der Waals surface area contributed by atoms with Gasteiger partial charge < -0.3 is 0 Å². The van der Waals surface area contributed by atoms with E-state index in [1.54, 1.807) is 37.3 Å². The molecule has 0 aromatic heterocycles. The summed E-state index contributed by atoms with van der Waals surface area (Å²) >= 11 is 0. The maximum Gasteiger partial charge on any atom is 0.243 e. The fraction of sp³-hybridized carbons (Fsp3) is 0.250. The Balaban J connectivity index is 2.24. The normalized spacial score (nSPS) is 13.1. The van der Waals surface area contributed by atoms with E-state index in [1.165, 1.54) is 25.3 Å². The Hall–Kier alpha value is -2.48. The van der Waals surface area contributed by atoms with E-state index in [0.29, 0.717) is 5.06 Å². The van der Waals surface area contributed by atoms with Crippen molar-refractivity contribution >= 4 is 22.0 Å². The molecule has 1 atom stereocenters. The van der Waals surface area contributed by atoms with Crippen molar-refractivity contribution in [1.29, 1.82) is 0 Å². The first-order valence-electron chi connectivity index (χ1n) is 8.43. The van der Waals surface area contributed by atoms with Crippen LogP contribution in [0.5, 0.6) is 0 Å². The van der Waals surface area contributed by atoms with Gasteiger partial charge >= 0.3 is 0 Å². The first-order chi connectivity index (χ1) is 12.6. The van der Waals surface area contributed by atoms with Crippen molar-refractivity contribution in [1.82, 2.24) is 9.37 Å². The third-order valence-electron chi connectivity index (χ3n) is 4.13. The standard InChI is InChI=1S/C20H24N2O4S/c1-15(22(24)16(2)23)8-9-17-6-5-7-19(14-17)18-10-12-20(13-11-18)27(25,26)21(3)4/h5-15,24H,1-4H3/b9-8+/t15-/m0/s1. The first kappa shape index (κ1) is 20.8. The van der Waals surface area contributed by atoms with Crippen LogP contribution in [0, 0.1) is 0 Å². The van der Waals surface area contributed by atoms with Crippen molar-refractivity contribution in [2.24, 2.45) is 0 Å². The molecule has 0 spiro atoms. The number of carbonyl (C=O) groups is 1. The van der Waals surface area contributed by atoms with Gasteiger partial charge in [0.1, 0.15) is 0 Å². The highest BCUT2D eigenvalue weighted by molar-refractivity contribution is 7.89. The van der Waals surface area contributed by atoms with Crippen molar-refractivity contribution in [3.05, 3.63) is 60.2 Å². The summed E-state index contributed by atoms with van der Waals surface area (Å²) in [5, 5.41) is 10.3. The molecule has 0 radical (unpaired) electrons. The Bertz CT molecular complexity index is 935. The molecule has 27 heavy (non-hydrogen) atoms. The smallest absolute Gasteiger partial charge is 0.243 e.